The van der Waals surface area contributed by atoms with Crippen molar-refractivity contribution in [2.24, 2.45) is 0 Å². The van der Waals surface area contributed by atoms with Gasteiger partial charge in [0.2, 0.25) is 10.0 Å². The summed E-state index contributed by atoms with van der Waals surface area (Å²) in [4.78, 5) is 3.90. The lowest BCUT2D eigenvalue weighted by Gasteiger charge is -2.19. The normalized spacial score (nSPS) is 11.9. The van der Waals surface area contributed by atoms with Gasteiger partial charge in [0.25, 0.3) is 0 Å². The van der Waals surface area contributed by atoms with E-state index in [0.29, 0.717) is 19.6 Å². The average molecular weight is 243 g/mol. The maximum Gasteiger partial charge on any atom is 0.211 e. The van der Waals surface area contributed by atoms with E-state index in [1.54, 1.807) is 19.4 Å². The molecule has 6 heteroatoms. The van der Waals surface area contributed by atoms with Crippen molar-refractivity contribution in [2.75, 3.05) is 26.4 Å². The highest BCUT2D eigenvalue weighted by Gasteiger charge is 2.15. The summed E-state index contributed by atoms with van der Waals surface area (Å²) in [5.41, 5.74) is 0.941. The van der Waals surface area contributed by atoms with E-state index >= 15 is 0 Å². The lowest BCUT2D eigenvalue weighted by atomic mass is 10.3. The van der Waals surface area contributed by atoms with Gasteiger partial charge in [-0.25, -0.2) is 8.42 Å². The zero-order valence-electron chi connectivity index (χ0n) is 9.55. The molecule has 0 aliphatic heterocycles. The Labute approximate surface area is 96.5 Å². The van der Waals surface area contributed by atoms with E-state index < -0.39 is 10.0 Å². The summed E-state index contributed by atoms with van der Waals surface area (Å²) in [6, 6.07) is 3.63. The molecule has 1 aromatic heterocycles. The Hall–Kier alpha value is -0.980. The number of sulfonamides is 1. The molecule has 90 valence electrons. The molecule has 0 atom stereocenters. The first-order chi connectivity index (χ1) is 7.54. The summed E-state index contributed by atoms with van der Waals surface area (Å²) in [5.74, 6) is 0. The predicted molar refractivity (Wildman–Crippen MR) is 63.4 cm³/mol. The molecule has 0 bridgehead atoms. The molecule has 0 radical (unpaired) electrons. The Morgan fingerprint density at radius 3 is 2.50 bits per heavy atom. The minimum atomic E-state index is -3.16. The van der Waals surface area contributed by atoms with Gasteiger partial charge in [0, 0.05) is 32.0 Å². The van der Waals surface area contributed by atoms with Crippen LogP contribution >= 0.6 is 0 Å². The largest absolute Gasteiger partial charge is 0.318 e. The SMILES string of the molecule is CNCCN(Cc1ccncc1)S(C)(=O)=O. The first-order valence-corrected chi connectivity index (χ1v) is 6.87. The van der Waals surface area contributed by atoms with E-state index in [-0.39, 0.29) is 0 Å². The lowest BCUT2D eigenvalue weighted by molar-refractivity contribution is 0.408. The van der Waals surface area contributed by atoms with Crippen molar-refractivity contribution in [3.05, 3.63) is 30.1 Å². The third kappa shape index (κ3) is 4.26. The van der Waals surface area contributed by atoms with E-state index in [2.05, 4.69) is 10.3 Å². The summed E-state index contributed by atoms with van der Waals surface area (Å²) in [6.07, 6.45) is 4.55. The van der Waals surface area contributed by atoms with E-state index in [0.717, 1.165) is 5.56 Å². The van der Waals surface area contributed by atoms with Gasteiger partial charge in [0.15, 0.2) is 0 Å². The van der Waals surface area contributed by atoms with Gasteiger partial charge in [-0.15, -0.1) is 0 Å². The van der Waals surface area contributed by atoms with Crippen LogP contribution in [0.25, 0.3) is 0 Å². The second-order valence-electron chi connectivity index (χ2n) is 3.56. The topological polar surface area (TPSA) is 62.3 Å². The van der Waals surface area contributed by atoms with Crippen LogP contribution in [0.1, 0.15) is 5.56 Å². The number of hydrogen-bond donors (Lipinski definition) is 1. The number of aromatic nitrogens is 1. The van der Waals surface area contributed by atoms with Gasteiger partial charge in [-0.1, -0.05) is 0 Å². The van der Waals surface area contributed by atoms with E-state index in [4.69, 9.17) is 0 Å². The maximum absolute atomic E-state index is 11.5. The number of likely N-dealkylation sites (N-methyl/N-ethyl adjacent to an activating group) is 1. The fourth-order valence-electron chi connectivity index (χ4n) is 1.29. The van der Waals surface area contributed by atoms with E-state index in [1.165, 1.54) is 10.6 Å². The van der Waals surface area contributed by atoms with E-state index in [1.807, 2.05) is 12.1 Å². The highest BCUT2D eigenvalue weighted by molar-refractivity contribution is 7.88. The van der Waals surface area contributed by atoms with Crippen LogP contribution in [0.15, 0.2) is 24.5 Å². The standard InChI is InChI=1S/C10H17N3O2S/c1-11-7-8-13(16(2,14)15)9-10-3-5-12-6-4-10/h3-6,11H,7-9H2,1-2H3. The first kappa shape index (κ1) is 13.1. The van der Waals surface area contributed by atoms with Gasteiger partial charge in [0.1, 0.15) is 0 Å². The second kappa shape index (κ2) is 5.93. The Balaban J connectivity index is 2.72. The predicted octanol–water partition coefficient (Wildman–Crippen LogP) is 0.0626. The number of nitrogens with one attached hydrogen (secondary N) is 1. The zero-order valence-corrected chi connectivity index (χ0v) is 10.4. The van der Waals surface area contributed by atoms with Gasteiger partial charge < -0.3 is 5.32 Å². The molecule has 0 aromatic carbocycles. The van der Waals surface area contributed by atoms with Crippen molar-refractivity contribution in [1.29, 1.82) is 0 Å². The third-order valence-electron chi connectivity index (χ3n) is 2.19. The molecule has 0 amide bonds. The Morgan fingerprint density at radius 1 is 1.38 bits per heavy atom. The number of pyridine rings is 1. The second-order valence-corrected chi connectivity index (χ2v) is 5.54. The van der Waals surface area contributed by atoms with Gasteiger partial charge in [-0.3, -0.25) is 4.98 Å². The van der Waals surface area contributed by atoms with Gasteiger partial charge >= 0.3 is 0 Å². The van der Waals surface area contributed by atoms with Crippen molar-refractivity contribution in [3.8, 4) is 0 Å². The fourth-order valence-corrected chi connectivity index (χ4v) is 2.10. The van der Waals surface area contributed by atoms with Crippen LogP contribution in [0.2, 0.25) is 0 Å². The number of nitrogens with zero attached hydrogens (tertiary/aromatic N) is 2. The summed E-state index contributed by atoms with van der Waals surface area (Å²) >= 11 is 0. The molecule has 0 spiro atoms. The van der Waals surface area contributed by atoms with Crippen molar-refractivity contribution in [3.63, 3.8) is 0 Å². The zero-order chi connectivity index (χ0) is 12.0. The highest BCUT2D eigenvalue weighted by atomic mass is 32.2. The summed E-state index contributed by atoms with van der Waals surface area (Å²) in [6.45, 7) is 1.50. The minimum Gasteiger partial charge on any atom is -0.318 e. The molecule has 0 aliphatic rings. The van der Waals surface area contributed by atoms with Gasteiger partial charge in [0.05, 0.1) is 6.26 Å². The van der Waals surface area contributed by atoms with Gasteiger partial charge in [-0.05, 0) is 24.7 Å². The molecule has 0 unspecified atom stereocenters. The van der Waals surface area contributed by atoms with Crippen LogP contribution in [0.4, 0.5) is 0 Å². The summed E-state index contributed by atoms with van der Waals surface area (Å²) in [5, 5.41) is 2.94. The Bertz CT molecular complexity index is 405. The van der Waals surface area contributed by atoms with Crippen LogP contribution in [0.3, 0.4) is 0 Å². The molecular formula is C10H17N3O2S. The molecule has 0 fully saturated rings. The minimum absolute atomic E-state index is 0.392. The van der Waals surface area contributed by atoms with Crippen molar-refractivity contribution >= 4 is 10.0 Å². The molecule has 1 heterocycles. The lowest BCUT2D eigenvalue weighted by Crippen LogP contribution is -2.34. The van der Waals surface area contributed by atoms with Crippen LogP contribution < -0.4 is 5.32 Å². The molecule has 0 saturated carbocycles. The third-order valence-corrected chi connectivity index (χ3v) is 3.44. The number of rotatable bonds is 6. The molecule has 5 nitrogen and oxygen atoms in total. The molecule has 16 heavy (non-hydrogen) atoms. The molecule has 0 aliphatic carbocycles. The molecule has 1 rings (SSSR count). The van der Waals surface area contributed by atoms with E-state index in [9.17, 15) is 8.42 Å². The number of hydrogen-bond acceptors (Lipinski definition) is 4. The van der Waals surface area contributed by atoms with Gasteiger partial charge in [-0.2, -0.15) is 4.31 Å². The quantitative estimate of drug-likeness (QED) is 0.767. The van der Waals surface area contributed by atoms with Crippen LogP contribution in [0.5, 0.6) is 0 Å². The molecule has 1 aromatic rings. The molecule has 1 N–H and O–H groups in total. The molecular weight excluding hydrogens is 226 g/mol. The fraction of sp³-hybridized carbons (Fsp3) is 0.500. The monoisotopic (exact) mass is 243 g/mol. The van der Waals surface area contributed by atoms with Crippen molar-refractivity contribution < 1.29 is 8.42 Å². The molecule has 0 saturated heterocycles. The summed E-state index contributed by atoms with van der Waals surface area (Å²) < 4.78 is 24.5. The van der Waals surface area contributed by atoms with Crippen LogP contribution in [0, 0.1) is 0 Å². The Kier molecular flexibility index (Phi) is 4.85. The highest BCUT2D eigenvalue weighted by Crippen LogP contribution is 2.06. The van der Waals surface area contributed by atoms with Crippen molar-refractivity contribution in [2.45, 2.75) is 6.54 Å². The maximum atomic E-state index is 11.5. The first-order valence-electron chi connectivity index (χ1n) is 5.02. The van der Waals surface area contributed by atoms with Crippen LogP contribution in [-0.4, -0.2) is 44.1 Å². The van der Waals surface area contributed by atoms with Crippen LogP contribution in [-0.2, 0) is 16.6 Å². The average Bonchev–Trinajstić information content (AvgIpc) is 2.24. The van der Waals surface area contributed by atoms with Crippen molar-refractivity contribution in [1.82, 2.24) is 14.6 Å². The summed E-state index contributed by atoms with van der Waals surface area (Å²) in [7, 11) is -1.36. The smallest absolute Gasteiger partial charge is 0.211 e. The Morgan fingerprint density at radius 2 is 2.00 bits per heavy atom.